The highest BCUT2D eigenvalue weighted by Gasteiger charge is 2.02. The van der Waals surface area contributed by atoms with Crippen molar-refractivity contribution in [1.29, 1.82) is 0 Å². The third-order valence-corrected chi connectivity index (χ3v) is 2.34. The van der Waals surface area contributed by atoms with Crippen LogP contribution < -0.4 is 0 Å². The zero-order valence-corrected chi connectivity index (χ0v) is 9.21. The molecule has 0 aliphatic rings. The van der Waals surface area contributed by atoms with E-state index < -0.39 is 0 Å². The van der Waals surface area contributed by atoms with Crippen molar-refractivity contribution in [3.05, 3.63) is 12.7 Å². The molecule has 0 N–H and O–H groups in total. The number of ether oxygens (including phenoxy) is 1. The Balaban J connectivity index is 3.23. The van der Waals surface area contributed by atoms with Gasteiger partial charge in [-0.3, -0.25) is 4.79 Å². The van der Waals surface area contributed by atoms with E-state index in [-0.39, 0.29) is 6.10 Å². The Morgan fingerprint density at radius 1 is 1.21 bits per heavy atom. The minimum atomic E-state index is -0.0846. The number of rotatable bonds is 10. The first kappa shape index (κ1) is 13.2. The first-order valence-electron chi connectivity index (χ1n) is 5.56. The lowest BCUT2D eigenvalue weighted by molar-refractivity contribution is -0.131. The van der Waals surface area contributed by atoms with Crippen LogP contribution in [0.3, 0.4) is 0 Å². The molecule has 0 bridgehead atoms. The minimum Gasteiger partial charge on any atom is -0.460 e. The molecule has 0 spiro atoms. The summed E-state index contributed by atoms with van der Waals surface area (Å²) in [6.45, 7) is 6.34. The number of hydrogen-bond donors (Lipinski definition) is 0. The second-order valence-corrected chi connectivity index (χ2v) is 3.56. The Labute approximate surface area is 87.3 Å². The summed E-state index contributed by atoms with van der Waals surface area (Å²) in [6, 6.07) is 0. The molecule has 0 aromatic heterocycles. The Kier molecular flexibility index (Phi) is 9.71. The lowest BCUT2D eigenvalue weighted by atomic mass is 10.1. The Morgan fingerprint density at radius 2 is 1.86 bits per heavy atom. The van der Waals surface area contributed by atoms with E-state index in [0.29, 0.717) is 6.47 Å². The number of hydrogen-bond acceptors (Lipinski definition) is 2. The van der Waals surface area contributed by atoms with E-state index in [0.717, 1.165) is 12.8 Å². The fourth-order valence-electron chi connectivity index (χ4n) is 1.44. The average Bonchev–Trinajstić information content (AvgIpc) is 2.21. The van der Waals surface area contributed by atoms with Crippen LogP contribution in [0.5, 0.6) is 0 Å². The number of unbranched alkanes of at least 4 members (excludes halogenated alkanes) is 5. The van der Waals surface area contributed by atoms with Crippen molar-refractivity contribution in [2.24, 2.45) is 0 Å². The molecule has 1 atom stereocenters. The van der Waals surface area contributed by atoms with Crippen LogP contribution in [-0.4, -0.2) is 12.6 Å². The summed E-state index contributed by atoms with van der Waals surface area (Å²) in [5, 5.41) is 0. The summed E-state index contributed by atoms with van der Waals surface area (Å²) < 4.78 is 4.82. The number of carbonyl (C=O) groups is 1. The van der Waals surface area contributed by atoms with Gasteiger partial charge in [0.05, 0.1) is 0 Å². The highest BCUT2D eigenvalue weighted by Crippen LogP contribution is 2.10. The van der Waals surface area contributed by atoms with E-state index >= 15 is 0 Å². The fourth-order valence-corrected chi connectivity index (χ4v) is 1.44. The molecule has 0 amide bonds. The van der Waals surface area contributed by atoms with E-state index in [1.165, 1.54) is 32.1 Å². The maximum absolute atomic E-state index is 10.1. The standard InChI is InChI=1S/C12H22O2/c1-3-5-6-7-8-9-10-12(4-2)14-11-13/h4,11-12H,2-3,5-10H2,1H3. The minimum absolute atomic E-state index is 0.0846. The topological polar surface area (TPSA) is 26.3 Å². The fraction of sp³-hybridized carbons (Fsp3) is 0.750. The van der Waals surface area contributed by atoms with E-state index in [1.54, 1.807) is 6.08 Å². The first-order chi connectivity index (χ1) is 6.85. The van der Waals surface area contributed by atoms with Crippen LogP contribution in [0.2, 0.25) is 0 Å². The molecule has 0 heterocycles. The van der Waals surface area contributed by atoms with Crippen LogP contribution in [0, 0.1) is 0 Å². The van der Waals surface area contributed by atoms with Crippen LogP contribution >= 0.6 is 0 Å². The summed E-state index contributed by atoms with van der Waals surface area (Å²) in [5.41, 5.74) is 0. The molecule has 0 aromatic rings. The highest BCUT2D eigenvalue weighted by atomic mass is 16.5. The van der Waals surface area contributed by atoms with Gasteiger partial charge in [0.15, 0.2) is 0 Å². The maximum atomic E-state index is 10.1. The van der Waals surface area contributed by atoms with Gasteiger partial charge < -0.3 is 4.74 Å². The van der Waals surface area contributed by atoms with E-state index in [2.05, 4.69) is 13.5 Å². The second kappa shape index (κ2) is 10.3. The van der Waals surface area contributed by atoms with Crippen molar-refractivity contribution in [2.75, 3.05) is 0 Å². The molecule has 0 saturated carbocycles. The molecule has 2 nitrogen and oxygen atoms in total. The number of carbonyl (C=O) groups excluding carboxylic acids is 1. The molecule has 1 unspecified atom stereocenters. The molecule has 0 radical (unpaired) electrons. The molecule has 82 valence electrons. The second-order valence-electron chi connectivity index (χ2n) is 3.56. The predicted octanol–water partition coefficient (Wildman–Crippen LogP) is 3.46. The molecule has 0 aromatic carbocycles. The molecule has 0 fully saturated rings. The Morgan fingerprint density at radius 3 is 2.43 bits per heavy atom. The molecule has 0 aliphatic carbocycles. The van der Waals surface area contributed by atoms with Gasteiger partial charge in [-0.15, -0.1) is 0 Å². The molecular formula is C12H22O2. The van der Waals surface area contributed by atoms with Crippen molar-refractivity contribution >= 4 is 6.47 Å². The molecule has 14 heavy (non-hydrogen) atoms. The summed E-state index contributed by atoms with van der Waals surface area (Å²) in [6.07, 6.45) is 10.1. The quantitative estimate of drug-likeness (QED) is 0.305. The normalized spacial score (nSPS) is 12.1. The van der Waals surface area contributed by atoms with Gasteiger partial charge in [0.1, 0.15) is 6.10 Å². The van der Waals surface area contributed by atoms with Crippen LogP contribution in [0.15, 0.2) is 12.7 Å². The molecule has 0 saturated heterocycles. The van der Waals surface area contributed by atoms with E-state index in [9.17, 15) is 4.79 Å². The van der Waals surface area contributed by atoms with Gasteiger partial charge in [0.25, 0.3) is 6.47 Å². The summed E-state index contributed by atoms with van der Waals surface area (Å²) in [7, 11) is 0. The Hall–Kier alpha value is -0.790. The van der Waals surface area contributed by atoms with Gasteiger partial charge in [-0.2, -0.15) is 0 Å². The Bertz CT molecular complexity index is 143. The lowest BCUT2D eigenvalue weighted by Crippen LogP contribution is -2.07. The molecular weight excluding hydrogens is 176 g/mol. The van der Waals surface area contributed by atoms with Gasteiger partial charge >= 0.3 is 0 Å². The van der Waals surface area contributed by atoms with Crippen LogP contribution in [0.25, 0.3) is 0 Å². The third kappa shape index (κ3) is 7.84. The monoisotopic (exact) mass is 198 g/mol. The zero-order chi connectivity index (χ0) is 10.6. The largest absolute Gasteiger partial charge is 0.460 e. The highest BCUT2D eigenvalue weighted by molar-refractivity contribution is 5.37. The van der Waals surface area contributed by atoms with Crippen LogP contribution in [0.4, 0.5) is 0 Å². The van der Waals surface area contributed by atoms with Gasteiger partial charge in [-0.1, -0.05) is 51.7 Å². The first-order valence-corrected chi connectivity index (χ1v) is 5.56. The molecule has 0 aliphatic heterocycles. The molecule has 0 rings (SSSR count). The third-order valence-electron chi connectivity index (χ3n) is 2.34. The zero-order valence-electron chi connectivity index (χ0n) is 9.21. The SMILES string of the molecule is C=CC(CCCCCCCC)OC=O. The van der Waals surface area contributed by atoms with E-state index in [1.807, 2.05) is 0 Å². The summed E-state index contributed by atoms with van der Waals surface area (Å²) >= 11 is 0. The van der Waals surface area contributed by atoms with Crippen molar-refractivity contribution in [1.82, 2.24) is 0 Å². The van der Waals surface area contributed by atoms with Gasteiger partial charge in [0, 0.05) is 0 Å². The lowest BCUT2D eigenvalue weighted by Gasteiger charge is -2.09. The van der Waals surface area contributed by atoms with Gasteiger partial charge in [-0.25, -0.2) is 0 Å². The van der Waals surface area contributed by atoms with Crippen molar-refractivity contribution < 1.29 is 9.53 Å². The smallest absolute Gasteiger partial charge is 0.293 e. The van der Waals surface area contributed by atoms with Crippen molar-refractivity contribution in [3.8, 4) is 0 Å². The predicted molar refractivity (Wildman–Crippen MR) is 59.1 cm³/mol. The van der Waals surface area contributed by atoms with Crippen LogP contribution in [0.1, 0.15) is 51.9 Å². The summed E-state index contributed by atoms with van der Waals surface area (Å²) in [4.78, 5) is 10.1. The van der Waals surface area contributed by atoms with Gasteiger partial charge in [0.2, 0.25) is 0 Å². The molecule has 2 heteroatoms. The summed E-state index contributed by atoms with van der Waals surface area (Å²) in [5.74, 6) is 0. The van der Waals surface area contributed by atoms with Crippen molar-refractivity contribution in [2.45, 2.75) is 58.0 Å². The van der Waals surface area contributed by atoms with Gasteiger partial charge in [-0.05, 0) is 12.8 Å². The average molecular weight is 198 g/mol. The van der Waals surface area contributed by atoms with E-state index in [4.69, 9.17) is 4.74 Å². The maximum Gasteiger partial charge on any atom is 0.293 e. The van der Waals surface area contributed by atoms with Crippen LogP contribution in [-0.2, 0) is 9.53 Å². The van der Waals surface area contributed by atoms with Crippen molar-refractivity contribution in [3.63, 3.8) is 0 Å².